The van der Waals surface area contributed by atoms with Crippen molar-refractivity contribution in [3.05, 3.63) is 29.8 Å². The van der Waals surface area contributed by atoms with Crippen molar-refractivity contribution in [1.29, 1.82) is 0 Å². The number of hydrogen-bond donors (Lipinski definition) is 1. The van der Waals surface area contributed by atoms with Gasteiger partial charge in [0.15, 0.2) is 0 Å². The second kappa shape index (κ2) is 5.01. The van der Waals surface area contributed by atoms with Crippen LogP contribution in [-0.2, 0) is 4.74 Å². The number of aromatic hydroxyl groups is 1. The number of ether oxygens (including phenoxy) is 1. The third-order valence-electron chi connectivity index (χ3n) is 2.32. The van der Waals surface area contributed by atoms with Crippen LogP contribution < -0.4 is 0 Å². The standard InChI is InChI=1S/C13H18O3/c1-4-9-13(2,3)16-12(15)10-5-7-11(14)8-6-10/h5-8,14H,4,9H2,1-3H3. The summed E-state index contributed by atoms with van der Waals surface area (Å²) in [5.74, 6) is -0.206. The molecule has 0 aromatic heterocycles. The third-order valence-corrected chi connectivity index (χ3v) is 2.32. The maximum atomic E-state index is 11.7. The molecule has 1 rings (SSSR count). The van der Waals surface area contributed by atoms with E-state index in [4.69, 9.17) is 9.84 Å². The Balaban J connectivity index is 2.69. The summed E-state index contributed by atoms with van der Waals surface area (Å²) in [6.07, 6.45) is 1.80. The summed E-state index contributed by atoms with van der Waals surface area (Å²) in [5, 5.41) is 9.10. The van der Waals surface area contributed by atoms with E-state index in [0.29, 0.717) is 5.56 Å². The number of esters is 1. The Morgan fingerprint density at radius 3 is 2.38 bits per heavy atom. The van der Waals surface area contributed by atoms with Gasteiger partial charge in [-0.3, -0.25) is 0 Å². The molecule has 0 aliphatic carbocycles. The summed E-state index contributed by atoms with van der Waals surface area (Å²) in [6, 6.07) is 6.06. The molecule has 16 heavy (non-hydrogen) atoms. The van der Waals surface area contributed by atoms with Gasteiger partial charge in [-0.2, -0.15) is 0 Å². The number of hydrogen-bond acceptors (Lipinski definition) is 3. The van der Waals surface area contributed by atoms with Crippen LogP contribution in [0.4, 0.5) is 0 Å². The van der Waals surface area contributed by atoms with Crippen molar-refractivity contribution in [2.75, 3.05) is 0 Å². The Kier molecular flexibility index (Phi) is 3.93. The highest BCUT2D eigenvalue weighted by atomic mass is 16.6. The minimum Gasteiger partial charge on any atom is -0.508 e. The predicted molar refractivity (Wildman–Crippen MR) is 62.5 cm³/mol. The van der Waals surface area contributed by atoms with Crippen LogP contribution in [0.2, 0.25) is 0 Å². The number of benzene rings is 1. The molecule has 0 atom stereocenters. The van der Waals surface area contributed by atoms with Gasteiger partial charge in [0, 0.05) is 0 Å². The van der Waals surface area contributed by atoms with Crippen LogP contribution in [0.1, 0.15) is 44.0 Å². The maximum Gasteiger partial charge on any atom is 0.338 e. The molecular formula is C13H18O3. The molecule has 0 bridgehead atoms. The average Bonchev–Trinajstić information content (AvgIpc) is 2.17. The van der Waals surface area contributed by atoms with Gasteiger partial charge in [0.2, 0.25) is 0 Å². The largest absolute Gasteiger partial charge is 0.508 e. The summed E-state index contributed by atoms with van der Waals surface area (Å²) in [4.78, 5) is 11.7. The minimum atomic E-state index is -0.441. The van der Waals surface area contributed by atoms with Crippen LogP contribution in [-0.4, -0.2) is 16.7 Å². The highest BCUT2D eigenvalue weighted by Gasteiger charge is 2.22. The molecule has 0 unspecified atom stereocenters. The van der Waals surface area contributed by atoms with Crippen LogP contribution in [0, 0.1) is 0 Å². The van der Waals surface area contributed by atoms with Gasteiger partial charge in [-0.15, -0.1) is 0 Å². The van der Waals surface area contributed by atoms with E-state index in [1.54, 1.807) is 12.1 Å². The molecule has 0 saturated heterocycles. The van der Waals surface area contributed by atoms with Gasteiger partial charge in [-0.1, -0.05) is 13.3 Å². The maximum absolute atomic E-state index is 11.7. The summed E-state index contributed by atoms with van der Waals surface area (Å²) in [7, 11) is 0. The zero-order valence-corrected chi connectivity index (χ0v) is 9.99. The monoisotopic (exact) mass is 222 g/mol. The highest BCUT2D eigenvalue weighted by Crippen LogP contribution is 2.19. The van der Waals surface area contributed by atoms with Crippen molar-refractivity contribution < 1.29 is 14.6 Å². The fourth-order valence-electron chi connectivity index (χ4n) is 1.56. The van der Waals surface area contributed by atoms with E-state index in [1.165, 1.54) is 12.1 Å². The molecule has 1 N–H and O–H groups in total. The van der Waals surface area contributed by atoms with Crippen molar-refractivity contribution in [2.45, 2.75) is 39.2 Å². The van der Waals surface area contributed by atoms with E-state index in [0.717, 1.165) is 12.8 Å². The van der Waals surface area contributed by atoms with Crippen LogP contribution in [0.15, 0.2) is 24.3 Å². The van der Waals surface area contributed by atoms with Gasteiger partial charge < -0.3 is 9.84 Å². The van der Waals surface area contributed by atoms with E-state index >= 15 is 0 Å². The normalized spacial score (nSPS) is 11.2. The molecule has 1 aromatic carbocycles. The minimum absolute atomic E-state index is 0.143. The van der Waals surface area contributed by atoms with Gasteiger partial charge in [0.1, 0.15) is 11.4 Å². The first kappa shape index (κ1) is 12.6. The lowest BCUT2D eigenvalue weighted by molar-refractivity contribution is -0.00471. The van der Waals surface area contributed by atoms with Gasteiger partial charge in [0.25, 0.3) is 0 Å². The van der Waals surface area contributed by atoms with Crippen LogP contribution in [0.5, 0.6) is 5.75 Å². The van der Waals surface area contributed by atoms with Crippen LogP contribution in [0.3, 0.4) is 0 Å². The fourth-order valence-corrected chi connectivity index (χ4v) is 1.56. The quantitative estimate of drug-likeness (QED) is 0.796. The van der Waals surface area contributed by atoms with Crippen LogP contribution in [0.25, 0.3) is 0 Å². The number of phenols is 1. The summed E-state index contributed by atoms with van der Waals surface area (Å²) < 4.78 is 5.38. The third kappa shape index (κ3) is 3.57. The topological polar surface area (TPSA) is 46.5 Å². The Hall–Kier alpha value is -1.51. The lowest BCUT2D eigenvalue weighted by Gasteiger charge is -2.24. The fraction of sp³-hybridized carbons (Fsp3) is 0.462. The van der Waals surface area contributed by atoms with E-state index in [-0.39, 0.29) is 11.7 Å². The van der Waals surface area contributed by atoms with E-state index in [9.17, 15) is 4.79 Å². The van der Waals surface area contributed by atoms with Crippen LogP contribution >= 0.6 is 0 Å². The highest BCUT2D eigenvalue weighted by molar-refractivity contribution is 5.89. The van der Waals surface area contributed by atoms with Gasteiger partial charge in [-0.25, -0.2) is 4.79 Å². The lowest BCUT2D eigenvalue weighted by Crippen LogP contribution is -2.27. The number of rotatable bonds is 4. The smallest absolute Gasteiger partial charge is 0.338 e. The van der Waals surface area contributed by atoms with Gasteiger partial charge in [0.05, 0.1) is 5.56 Å². The van der Waals surface area contributed by atoms with Crippen molar-refractivity contribution in [2.24, 2.45) is 0 Å². The zero-order chi connectivity index (χ0) is 12.2. The van der Waals surface area contributed by atoms with E-state index in [1.807, 2.05) is 13.8 Å². The zero-order valence-electron chi connectivity index (χ0n) is 9.99. The Bertz CT molecular complexity index is 352. The molecule has 0 aliphatic rings. The Morgan fingerprint density at radius 2 is 1.88 bits per heavy atom. The molecule has 88 valence electrons. The SMILES string of the molecule is CCCC(C)(C)OC(=O)c1ccc(O)cc1. The first-order valence-electron chi connectivity index (χ1n) is 5.47. The molecule has 0 spiro atoms. The molecule has 0 fully saturated rings. The summed E-state index contributed by atoms with van der Waals surface area (Å²) in [5.41, 5.74) is 0.0194. The first-order chi connectivity index (χ1) is 7.44. The number of carbonyl (C=O) groups is 1. The molecule has 0 radical (unpaired) electrons. The van der Waals surface area contributed by atoms with Crippen molar-refractivity contribution in [3.63, 3.8) is 0 Å². The van der Waals surface area contributed by atoms with Crippen molar-refractivity contribution in [1.82, 2.24) is 0 Å². The lowest BCUT2D eigenvalue weighted by atomic mass is 10.0. The summed E-state index contributed by atoms with van der Waals surface area (Å²) in [6.45, 7) is 5.85. The Labute approximate surface area is 96.1 Å². The molecule has 3 heteroatoms. The molecule has 0 heterocycles. The van der Waals surface area contributed by atoms with E-state index < -0.39 is 5.60 Å². The second-order valence-electron chi connectivity index (χ2n) is 4.45. The van der Waals surface area contributed by atoms with Gasteiger partial charge >= 0.3 is 5.97 Å². The average molecular weight is 222 g/mol. The summed E-state index contributed by atoms with van der Waals surface area (Å²) >= 11 is 0. The molecule has 1 aromatic rings. The van der Waals surface area contributed by atoms with Crippen molar-refractivity contribution in [3.8, 4) is 5.75 Å². The first-order valence-corrected chi connectivity index (χ1v) is 5.47. The van der Waals surface area contributed by atoms with Gasteiger partial charge in [-0.05, 0) is 44.5 Å². The molecule has 0 amide bonds. The molecule has 3 nitrogen and oxygen atoms in total. The second-order valence-corrected chi connectivity index (χ2v) is 4.45. The van der Waals surface area contributed by atoms with E-state index in [2.05, 4.69) is 6.92 Å². The predicted octanol–water partition coefficient (Wildman–Crippen LogP) is 3.13. The molecular weight excluding hydrogens is 204 g/mol. The number of carbonyl (C=O) groups excluding carboxylic acids is 1. The van der Waals surface area contributed by atoms with Crippen molar-refractivity contribution >= 4 is 5.97 Å². The molecule has 0 saturated carbocycles. The Morgan fingerprint density at radius 1 is 1.31 bits per heavy atom. The number of phenolic OH excluding ortho intramolecular Hbond substituents is 1. The molecule has 0 aliphatic heterocycles.